The highest BCUT2D eigenvalue weighted by Gasteiger charge is 2.25. The number of unbranched alkanes of at least 4 members (excludes halogenated alkanes) is 10. The molecule has 10 heteroatoms. The molecule has 0 saturated carbocycles. The maximum atomic E-state index is 12.5. The first-order valence-corrected chi connectivity index (χ1v) is 20.9. The Morgan fingerprint density at radius 2 is 1.08 bits per heavy atom. The summed E-state index contributed by atoms with van der Waals surface area (Å²) >= 11 is 0. The highest BCUT2D eigenvalue weighted by atomic mass is 31.2. The Morgan fingerprint density at radius 1 is 0.588 bits per heavy atom. The number of phosphoric acid groups is 1. The minimum absolute atomic E-state index is 0.0393. The highest BCUT2D eigenvalue weighted by molar-refractivity contribution is 7.47. The molecule has 0 saturated heterocycles. The van der Waals surface area contributed by atoms with Gasteiger partial charge in [0.05, 0.1) is 13.2 Å². The Morgan fingerprint density at radius 3 is 1.67 bits per heavy atom. The standard InChI is InChI=1S/C41H70NO8P/c1-3-5-7-9-11-13-15-16-17-18-19-20-21-22-24-25-27-29-31-33-40(43)47-37-39(38-49-51(45,46)48-36-35-42)50-41(44)34-32-30-28-26-23-14-12-10-8-6-4-2/h10-13,16-17,19-20,22,24,27,29,39H,3-9,14-15,18,21,23,25-26,28,30-38,42H2,1-2H3,(H,45,46). The fourth-order valence-corrected chi connectivity index (χ4v) is 5.42. The molecule has 0 spiro atoms. The second-order valence-corrected chi connectivity index (χ2v) is 13.9. The predicted molar refractivity (Wildman–Crippen MR) is 210 cm³/mol. The second kappa shape index (κ2) is 37.2. The van der Waals surface area contributed by atoms with Gasteiger partial charge in [-0.05, 0) is 70.6 Å². The largest absolute Gasteiger partial charge is 0.472 e. The summed E-state index contributed by atoms with van der Waals surface area (Å²) in [6.07, 6.45) is 43.8. The number of phosphoric ester groups is 1. The predicted octanol–water partition coefficient (Wildman–Crippen LogP) is 10.7. The average molecular weight is 736 g/mol. The lowest BCUT2D eigenvalue weighted by molar-refractivity contribution is -0.161. The summed E-state index contributed by atoms with van der Waals surface area (Å²) < 4.78 is 32.5. The molecular weight excluding hydrogens is 665 g/mol. The summed E-state index contributed by atoms with van der Waals surface area (Å²) in [6, 6.07) is 0. The molecule has 0 aliphatic rings. The van der Waals surface area contributed by atoms with E-state index in [1.807, 2.05) is 12.2 Å². The number of esters is 2. The van der Waals surface area contributed by atoms with Crippen LogP contribution in [0, 0.1) is 0 Å². The number of carbonyl (C=O) groups excluding carboxylic acids is 2. The van der Waals surface area contributed by atoms with Crippen LogP contribution in [-0.2, 0) is 32.7 Å². The molecule has 0 heterocycles. The second-order valence-electron chi connectivity index (χ2n) is 12.4. The number of hydrogen-bond acceptors (Lipinski definition) is 8. The van der Waals surface area contributed by atoms with E-state index in [1.165, 1.54) is 38.5 Å². The Labute approximate surface area is 310 Å². The van der Waals surface area contributed by atoms with Gasteiger partial charge in [0.1, 0.15) is 6.61 Å². The van der Waals surface area contributed by atoms with Gasteiger partial charge in [-0.25, -0.2) is 4.57 Å². The number of allylic oxidation sites excluding steroid dienone is 12. The molecule has 2 unspecified atom stereocenters. The van der Waals surface area contributed by atoms with E-state index in [9.17, 15) is 19.0 Å². The van der Waals surface area contributed by atoms with Gasteiger partial charge in [0.25, 0.3) is 0 Å². The van der Waals surface area contributed by atoms with Gasteiger partial charge < -0.3 is 20.1 Å². The number of ether oxygens (including phenoxy) is 2. The third-order valence-corrected chi connectivity index (χ3v) is 8.56. The van der Waals surface area contributed by atoms with Gasteiger partial charge in [-0.2, -0.15) is 0 Å². The van der Waals surface area contributed by atoms with Crippen LogP contribution in [0.3, 0.4) is 0 Å². The third-order valence-electron chi connectivity index (χ3n) is 7.58. The monoisotopic (exact) mass is 735 g/mol. The summed E-state index contributed by atoms with van der Waals surface area (Å²) in [4.78, 5) is 34.6. The van der Waals surface area contributed by atoms with Crippen LogP contribution in [0.2, 0.25) is 0 Å². The van der Waals surface area contributed by atoms with Crippen LogP contribution >= 0.6 is 7.82 Å². The summed E-state index contributed by atoms with van der Waals surface area (Å²) in [5, 5.41) is 0. The molecule has 0 aromatic carbocycles. The highest BCUT2D eigenvalue weighted by Crippen LogP contribution is 2.43. The first kappa shape index (κ1) is 48.5. The van der Waals surface area contributed by atoms with E-state index in [-0.39, 0.29) is 32.6 Å². The third kappa shape index (κ3) is 37.0. The normalized spacial score (nSPS) is 14.2. The van der Waals surface area contributed by atoms with Crippen LogP contribution in [-0.4, -0.2) is 49.3 Å². The molecule has 0 aliphatic heterocycles. The number of nitrogens with two attached hydrogens (primary N) is 1. The lowest BCUT2D eigenvalue weighted by Gasteiger charge is -2.19. The van der Waals surface area contributed by atoms with E-state index < -0.39 is 32.5 Å². The summed E-state index contributed by atoms with van der Waals surface area (Å²) in [7, 11) is -4.39. The van der Waals surface area contributed by atoms with E-state index in [2.05, 4.69) is 74.6 Å². The Bertz CT molecular complexity index is 1070. The molecule has 0 amide bonds. The number of hydrogen-bond donors (Lipinski definition) is 2. The first-order chi connectivity index (χ1) is 24.8. The van der Waals surface area contributed by atoms with E-state index in [1.54, 1.807) is 0 Å². The van der Waals surface area contributed by atoms with Gasteiger partial charge in [0, 0.05) is 19.4 Å². The molecule has 9 nitrogen and oxygen atoms in total. The van der Waals surface area contributed by atoms with Crippen LogP contribution in [0.4, 0.5) is 0 Å². The topological polar surface area (TPSA) is 134 Å². The van der Waals surface area contributed by atoms with Crippen LogP contribution in [0.25, 0.3) is 0 Å². The Hall–Kier alpha value is -2.55. The fraction of sp³-hybridized carbons (Fsp3) is 0.659. The molecule has 0 aromatic heterocycles. The fourth-order valence-electron chi connectivity index (χ4n) is 4.65. The van der Waals surface area contributed by atoms with Crippen molar-refractivity contribution >= 4 is 19.8 Å². The molecule has 0 rings (SSSR count). The van der Waals surface area contributed by atoms with Crippen molar-refractivity contribution in [2.45, 2.75) is 148 Å². The van der Waals surface area contributed by atoms with Gasteiger partial charge in [0.15, 0.2) is 6.10 Å². The van der Waals surface area contributed by atoms with Crippen molar-refractivity contribution in [1.82, 2.24) is 0 Å². The Kier molecular flexibility index (Phi) is 35.4. The molecule has 0 fully saturated rings. The van der Waals surface area contributed by atoms with Crippen molar-refractivity contribution in [2.24, 2.45) is 5.73 Å². The summed E-state index contributed by atoms with van der Waals surface area (Å²) in [5.41, 5.74) is 5.32. The zero-order valence-corrected chi connectivity index (χ0v) is 32.7. The van der Waals surface area contributed by atoms with Crippen LogP contribution in [0.1, 0.15) is 142 Å². The van der Waals surface area contributed by atoms with Crippen molar-refractivity contribution in [3.8, 4) is 0 Å². The molecule has 292 valence electrons. The minimum atomic E-state index is -4.39. The van der Waals surface area contributed by atoms with Crippen LogP contribution in [0.5, 0.6) is 0 Å². The lowest BCUT2D eigenvalue weighted by atomic mass is 10.1. The minimum Gasteiger partial charge on any atom is -0.462 e. The maximum absolute atomic E-state index is 12.5. The smallest absolute Gasteiger partial charge is 0.462 e. The molecule has 0 radical (unpaired) electrons. The van der Waals surface area contributed by atoms with E-state index in [0.29, 0.717) is 12.8 Å². The van der Waals surface area contributed by atoms with Gasteiger partial charge in [-0.15, -0.1) is 0 Å². The van der Waals surface area contributed by atoms with E-state index in [0.717, 1.165) is 64.2 Å². The van der Waals surface area contributed by atoms with Gasteiger partial charge in [-0.3, -0.25) is 18.6 Å². The molecular formula is C41H70NO8P. The number of carbonyl (C=O) groups is 2. The van der Waals surface area contributed by atoms with Crippen molar-refractivity contribution in [3.05, 3.63) is 72.9 Å². The quantitative estimate of drug-likeness (QED) is 0.0282. The lowest BCUT2D eigenvalue weighted by Crippen LogP contribution is -2.29. The Balaban J connectivity index is 4.35. The van der Waals surface area contributed by atoms with E-state index >= 15 is 0 Å². The van der Waals surface area contributed by atoms with Gasteiger partial charge >= 0.3 is 19.8 Å². The van der Waals surface area contributed by atoms with Crippen LogP contribution < -0.4 is 5.73 Å². The molecule has 0 aliphatic carbocycles. The molecule has 51 heavy (non-hydrogen) atoms. The number of rotatable bonds is 35. The molecule has 3 N–H and O–H groups in total. The molecule has 2 atom stereocenters. The average Bonchev–Trinajstić information content (AvgIpc) is 3.11. The molecule has 0 aromatic rings. The van der Waals surface area contributed by atoms with Crippen molar-refractivity contribution < 1.29 is 37.6 Å². The van der Waals surface area contributed by atoms with Gasteiger partial charge in [0.2, 0.25) is 0 Å². The summed E-state index contributed by atoms with van der Waals surface area (Å²) in [6.45, 7) is 3.53. The van der Waals surface area contributed by atoms with Crippen molar-refractivity contribution in [1.29, 1.82) is 0 Å². The zero-order valence-electron chi connectivity index (χ0n) is 31.8. The van der Waals surface area contributed by atoms with E-state index in [4.69, 9.17) is 24.3 Å². The van der Waals surface area contributed by atoms with Crippen molar-refractivity contribution in [2.75, 3.05) is 26.4 Å². The summed E-state index contributed by atoms with van der Waals surface area (Å²) in [5.74, 6) is -0.945. The maximum Gasteiger partial charge on any atom is 0.472 e. The van der Waals surface area contributed by atoms with Gasteiger partial charge in [-0.1, -0.05) is 132 Å². The van der Waals surface area contributed by atoms with Crippen LogP contribution in [0.15, 0.2) is 72.9 Å². The SMILES string of the molecule is CCCCC=CCCCCCCCC(=O)OC(COC(=O)CCC=CCC=CCC=CCC=CCC=CCCCCC)COP(=O)(O)OCCN. The first-order valence-electron chi connectivity index (χ1n) is 19.4. The molecule has 0 bridgehead atoms. The van der Waals surface area contributed by atoms with Crippen molar-refractivity contribution in [3.63, 3.8) is 0 Å². The zero-order chi connectivity index (χ0) is 37.5.